The van der Waals surface area contributed by atoms with Gasteiger partial charge in [-0.2, -0.15) is 0 Å². The Hall–Kier alpha value is -2.48. The third kappa shape index (κ3) is 5.59. The highest BCUT2D eigenvalue weighted by molar-refractivity contribution is 5.74. The van der Waals surface area contributed by atoms with E-state index >= 15 is 0 Å². The molecule has 19 heavy (non-hydrogen) atoms. The standard InChI is InChI=1S/C14H16N2O3/c1-2-3-8-15-14(19)16-10-12-7-5-4-6-11(12)9-13(17)18/h1,4-7H,3,8-10H2,(H,17,18)(H2,15,16,19). The van der Waals surface area contributed by atoms with Crippen molar-refractivity contribution in [2.24, 2.45) is 0 Å². The molecule has 0 saturated carbocycles. The van der Waals surface area contributed by atoms with E-state index in [1.54, 1.807) is 24.3 Å². The van der Waals surface area contributed by atoms with Crippen LogP contribution in [0.2, 0.25) is 0 Å². The van der Waals surface area contributed by atoms with E-state index in [2.05, 4.69) is 16.6 Å². The fraction of sp³-hybridized carbons (Fsp3) is 0.286. The Balaban J connectivity index is 2.51. The Bertz CT molecular complexity index is 492. The minimum Gasteiger partial charge on any atom is -0.481 e. The average Bonchev–Trinajstić information content (AvgIpc) is 2.37. The van der Waals surface area contributed by atoms with Gasteiger partial charge < -0.3 is 15.7 Å². The van der Waals surface area contributed by atoms with Gasteiger partial charge in [0.2, 0.25) is 0 Å². The summed E-state index contributed by atoms with van der Waals surface area (Å²) in [5, 5.41) is 14.1. The molecule has 0 aromatic heterocycles. The van der Waals surface area contributed by atoms with E-state index in [1.807, 2.05) is 0 Å². The number of carboxylic acids is 1. The van der Waals surface area contributed by atoms with Gasteiger partial charge in [0.25, 0.3) is 0 Å². The number of carbonyl (C=O) groups is 2. The van der Waals surface area contributed by atoms with Crippen molar-refractivity contribution in [2.45, 2.75) is 19.4 Å². The third-order valence-corrected chi connectivity index (χ3v) is 2.45. The minimum absolute atomic E-state index is 0.0590. The minimum atomic E-state index is -0.897. The summed E-state index contributed by atoms with van der Waals surface area (Å²) >= 11 is 0. The maximum absolute atomic E-state index is 11.4. The van der Waals surface area contributed by atoms with E-state index in [-0.39, 0.29) is 19.0 Å². The van der Waals surface area contributed by atoms with Gasteiger partial charge in [-0.25, -0.2) is 4.79 Å². The Morgan fingerprint density at radius 2 is 1.89 bits per heavy atom. The lowest BCUT2D eigenvalue weighted by atomic mass is 10.0. The van der Waals surface area contributed by atoms with Crippen LogP contribution in [0.3, 0.4) is 0 Å². The third-order valence-electron chi connectivity index (χ3n) is 2.45. The summed E-state index contributed by atoms with van der Waals surface area (Å²) in [6, 6.07) is 6.79. The predicted octanol–water partition coefficient (Wildman–Crippen LogP) is 1.14. The molecule has 0 aliphatic carbocycles. The molecule has 0 aliphatic heterocycles. The molecule has 0 spiro atoms. The predicted molar refractivity (Wildman–Crippen MR) is 71.5 cm³/mol. The summed E-state index contributed by atoms with van der Waals surface area (Å²) in [6.45, 7) is 0.699. The summed E-state index contributed by atoms with van der Waals surface area (Å²) < 4.78 is 0. The number of rotatable bonds is 6. The Kier molecular flexibility index (Phi) is 5.96. The molecule has 0 saturated heterocycles. The topological polar surface area (TPSA) is 78.4 Å². The first-order valence-electron chi connectivity index (χ1n) is 5.87. The normalized spacial score (nSPS) is 9.42. The van der Waals surface area contributed by atoms with Crippen molar-refractivity contribution in [3.63, 3.8) is 0 Å². The molecule has 0 aliphatic rings. The molecule has 5 heteroatoms. The van der Waals surface area contributed by atoms with Crippen LogP contribution >= 0.6 is 0 Å². The quantitative estimate of drug-likeness (QED) is 0.530. The monoisotopic (exact) mass is 260 g/mol. The fourth-order valence-electron chi connectivity index (χ4n) is 1.55. The fourth-order valence-corrected chi connectivity index (χ4v) is 1.55. The lowest BCUT2D eigenvalue weighted by Gasteiger charge is -2.09. The van der Waals surface area contributed by atoms with Gasteiger partial charge in [0.1, 0.15) is 0 Å². The number of carboxylic acid groups (broad SMARTS) is 1. The molecule has 5 nitrogen and oxygen atoms in total. The van der Waals surface area contributed by atoms with Crippen molar-refractivity contribution in [3.8, 4) is 12.3 Å². The maximum atomic E-state index is 11.4. The SMILES string of the molecule is C#CCCNC(=O)NCc1ccccc1CC(=O)O. The molecule has 100 valence electrons. The largest absolute Gasteiger partial charge is 0.481 e. The number of terminal acetylenes is 1. The first-order valence-corrected chi connectivity index (χ1v) is 5.87. The summed E-state index contributed by atoms with van der Waals surface area (Å²) in [4.78, 5) is 22.1. The van der Waals surface area contributed by atoms with Crippen molar-refractivity contribution >= 4 is 12.0 Å². The smallest absolute Gasteiger partial charge is 0.315 e. The lowest BCUT2D eigenvalue weighted by Crippen LogP contribution is -2.35. The number of amides is 2. The molecular weight excluding hydrogens is 244 g/mol. The van der Waals surface area contributed by atoms with Crippen molar-refractivity contribution in [1.29, 1.82) is 0 Å². The molecule has 0 fully saturated rings. The molecule has 0 heterocycles. The zero-order valence-corrected chi connectivity index (χ0v) is 10.5. The number of nitrogens with one attached hydrogen (secondary N) is 2. The summed E-state index contributed by atoms with van der Waals surface area (Å²) in [6.07, 6.45) is 5.48. The first kappa shape index (κ1) is 14.6. The molecule has 1 aromatic rings. The van der Waals surface area contributed by atoms with Gasteiger partial charge >= 0.3 is 12.0 Å². The van der Waals surface area contributed by atoms with Crippen molar-refractivity contribution < 1.29 is 14.7 Å². The zero-order chi connectivity index (χ0) is 14.1. The highest BCUT2D eigenvalue weighted by Gasteiger charge is 2.07. The molecular formula is C14H16N2O3. The molecule has 0 unspecified atom stereocenters. The van der Waals surface area contributed by atoms with E-state index in [1.165, 1.54) is 0 Å². The van der Waals surface area contributed by atoms with E-state index in [0.29, 0.717) is 18.5 Å². The van der Waals surface area contributed by atoms with Crippen LogP contribution in [0, 0.1) is 12.3 Å². The number of benzene rings is 1. The summed E-state index contributed by atoms with van der Waals surface area (Å²) in [5.74, 6) is 1.52. The lowest BCUT2D eigenvalue weighted by molar-refractivity contribution is -0.136. The number of aliphatic carboxylic acids is 1. The second kappa shape index (κ2) is 7.77. The van der Waals surface area contributed by atoms with E-state index in [4.69, 9.17) is 11.5 Å². The highest BCUT2D eigenvalue weighted by Crippen LogP contribution is 2.09. The Morgan fingerprint density at radius 1 is 1.21 bits per heavy atom. The summed E-state index contributed by atoms with van der Waals surface area (Å²) in [5.41, 5.74) is 1.48. The van der Waals surface area contributed by atoms with Crippen LogP contribution in [0.25, 0.3) is 0 Å². The van der Waals surface area contributed by atoms with Gasteiger partial charge in [0.15, 0.2) is 0 Å². The van der Waals surface area contributed by atoms with Crippen LogP contribution in [0.1, 0.15) is 17.5 Å². The van der Waals surface area contributed by atoms with Crippen LogP contribution in [0.15, 0.2) is 24.3 Å². The van der Waals surface area contributed by atoms with Crippen LogP contribution in [0.4, 0.5) is 4.79 Å². The van der Waals surface area contributed by atoms with Crippen LogP contribution < -0.4 is 10.6 Å². The Labute approximate surface area is 112 Å². The maximum Gasteiger partial charge on any atom is 0.315 e. The van der Waals surface area contributed by atoms with Gasteiger partial charge in [-0.15, -0.1) is 12.3 Å². The number of hydrogen-bond donors (Lipinski definition) is 3. The first-order chi connectivity index (χ1) is 9.13. The molecule has 0 atom stereocenters. The number of carbonyl (C=O) groups excluding carboxylic acids is 1. The second-order valence-corrected chi connectivity index (χ2v) is 3.90. The van der Waals surface area contributed by atoms with Crippen LogP contribution in [0.5, 0.6) is 0 Å². The van der Waals surface area contributed by atoms with Gasteiger partial charge in [-0.05, 0) is 11.1 Å². The van der Waals surface area contributed by atoms with Crippen LogP contribution in [-0.2, 0) is 17.8 Å². The zero-order valence-electron chi connectivity index (χ0n) is 10.5. The van der Waals surface area contributed by atoms with Crippen molar-refractivity contribution in [1.82, 2.24) is 10.6 Å². The average molecular weight is 260 g/mol. The highest BCUT2D eigenvalue weighted by atomic mass is 16.4. The van der Waals surface area contributed by atoms with Crippen molar-refractivity contribution in [3.05, 3.63) is 35.4 Å². The molecule has 3 N–H and O–H groups in total. The summed E-state index contributed by atoms with van der Waals surface area (Å²) in [7, 11) is 0. The Morgan fingerprint density at radius 3 is 2.53 bits per heavy atom. The number of urea groups is 1. The van der Waals surface area contributed by atoms with E-state index in [0.717, 1.165) is 5.56 Å². The van der Waals surface area contributed by atoms with Crippen LogP contribution in [-0.4, -0.2) is 23.7 Å². The van der Waals surface area contributed by atoms with Gasteiger partial charge in [0.05, 0.1) is 6.42 Å². The van der Waals surface area contributed by atoms with E-state index < -0.39 is 5.97 Å². The molecule has 2 amide bonds. The molecule has 0 radical (unpaired) electrons. The molecule has 1 aromatic carbocycles. The van der Waals surface area contributed by atoms with Gasteiger partial charge in [-0.1, -0.05) is 24.3 Å². The van der Waals surface area contributed by atoms with Gasteiger partial charge in [-0.3, -0.25) is 4.79 Å². The molecule has 1 rings (SSSR count). The second-order valence-electron chi connectivity index (χ2n) is 3.90. The van der Waals surface area contributed by atoms with E-state index in [9.17, 15) is 9.59 Å². The van der Waals surface area contributed by atoms with Gasteiger partial charge in [0, 0.05) is 19.5 Å². The molecule has 0 bridgehead atoms. The van der Waals surface area contributed by atoms with Crippen molar-refractivity contribution in [2.75, 3.05) is 6.54 Å². The number of hydrogen-bond acceptors (Lipinski definition) is 2.